The van der Waals surface area contributed by atoms with E-state index in [1.807, 2.05) is 4.90 Å². The summed E-state index contributed by atoms with van der Waals surface area (Å²) >= 11 is 0. The monoisotopic (exact) mass is 461 g/mol. The van der Waals surface area contributed by atoms with Crippen LogP contribution in [-0.4, -0.2) is 36.3 Å². The van der Waals surface area contributed by atoms with E-state index < -0.39 is 0 Å². The molecule has 5 rings (SSSR count). The largest absolute Gasteiger partial charge is 0.486 e. The van der Waals surface area contributed by atoms with Crippen molar-refractivity contribution in [1.82, 2.24) is 4.90 Å². The van der Waals surface area contributed by atoms with Gasteiger partial charge < -0.3 is 9.64 Å². The molecule has 0 unspecified atom stereocenters. The first-order valence-corrected chi connectivity index (χ1v) is 11.6. The Balaban J connectivity index is 1.33. The smallest absolute Gasteiger partial charge is 0.253 e. The number of ketones is 1. The first-order chi connectivity index (χ1) is 16.5. The van der Waals surface area contributed by atoms with Crippen LogP contribution in [0.15, 0.2) is 66.7 Å². The lowest BCUT2D eigenvalue weighted by atomic mass is 9.76. The van der Waals surface area contributed by atoms with Crippen LogP contribution in [0.25, 0.3) is 0 Å². The number of amides is 1. The Morgan fingerprint density at radius 3 is 2.06 bits per heavy atom. The van der Waals surface area contributed by atoms with E-state index in [1.54, 1.807) is 42.5 Å². The number of benzene rings is 3. The average Bonchev–Trinajstić information content (AvgIpc) is 2.86. The number of carbonyl (C=O) groups excluding carboxylic acids is 2. The summed E-state index contributed by atoms with van der Waals surface area (Å²) in [6, 6.07) is 18.3. The van der Waals surface area contributed by atoms with Crippen LogP contribution < -0.4 is 4.74 Å². The number of carbonyl (C=O) groups is 2. The fourth-order valence-corrected chi connectivity index (χ4v) is 5.11. The van der Waals surface area contributed by atoms with Gasteiger partial charge in [-0.05, 0) is 72.4 Å². The third-order valence-electron chi connectivity index (χ3n) is 6.84. The van der Waals surface area contributed by atoms with Crippen LogP contribution in [0, 0.1) is 17.6 Å². The number of piperidine rings is 1. The maximum absolute atomic E-state index is 13.6. The molecule has 0 N–H and O–H groups in total. The molecule has 0 radical (unpaired) electrons. The molecule has 0 aliphatic carbocycles. The molecule has 0 atom stereocenters. The Morgan fingerprint density at radius 2 is 1.47 bits per heavy atom. The summed E-state index contributed by atoms with van der Waals surface area (Å²) in [4.78, 5) is 26.7. The predicted octanol–water partition coefficient (Wildman–Crippen LogP) is 5.15. The molecule has 4 nitrogen and oxygen atoms in total. The van der Waals surface area contributed by atoms with E-state index in [0.717, 1.165) is 29.5 Å². The van der Waals surface area contributed by atoms with Crippen LogP contribution in [-0.2, 0) is 11.2 Å². The Hall–Kier alpha value is -3.54. The van der Waals surface area contributed by atoms with Gasteiger partial charge in [-0.1, -0.05) is 24.3 Å². The average molecular weight is 462 g/mol. The third-order valence-corrected chi connectivity index (χ3v) is 6.84. The van der Waals surface area contributed by atoms with Gasteiger partial charge >= 0.3 is 0 Å². The van der Waals surface area contributed by atoms with Gasteiger partial charge in [0.2, 0.25) is 0 Å². The van der Waals surface area contributed by atoms with E-state index in [4.69, 9.17) is 4.74 Å². The SMILES string of the molecule is O=C1COc2ccc(C(=O)N3CCC(C(c4ccc(F)cc4)c4ccc(F)cc4)CC3)cc2C1. The summed E-state index contributed by atoms with van der Waals surface area (Å²) in [5.74, 6) is 0.249. The summed E-state index contributed by atoms with van der Waals surface area (Å²) in [6.45, 7) is 1.26. The zero-order valence-electron chi connectivity index (χ0n) is 18.7. The highest BCUT2D eigenvalue weighted by Crippen LogP contribution is 2.38. The quantitative estimate of drug-likeness (QED) is 0.540. The maximum Gasteiger partial charge on any atom is 0.253 e. The maximum atomic E-state index is 13.6. The molecule has 6 heteroatoms. The summed E-state index contributed by atoms with van der Waals surface area (Å²) in [6.07, 6.45) is 1.84. The first kappa shape index (κ1) is 22.3. The number of hydrogen-bond donors (Lipinski definition) is 0. The highest BCUT2D eigenvalue weighted by atomic mass is 19.1. The second kappa shape index (κ2) is 9.37. The molecule has 34 heavy (non-hydrogen) atoms. The number of nitrogens with zero attached hydrogens (tertiary/aromatic N) is 1. The van der Waals surface area contributed by atoms with Gasteiger partial charge in [0.25, 0.3) is 5.91 Å². The van der Waals surface area contributed by atoms with Crippen molar-refractivity contribution < 1.29 is 23.1 Å². The van der Waals surface area contributed by atoms with E-state index in [1.165, 1.54) is 24.3 Å². The van der Waals surface area contributed by atoms with E-state index in [-0.39, 0.29) is 48.2 Å². The second-order valence-electron chi connectivity index (χ2n) is 9.04. The molecule has 0 bridgehead atoms. The molecule has 0 saturated carbocycles. The van der Waals surface area contributed by atoms with Gasteiger partial charge in [0.05, 0.1) is 0 Å². The zero-order chi connectivity index (χ0) is 23.7. The zero-order valence-corrected chi connectivity index (χ0v) is 18.7. The molecule has 2 aliphatic rings. The van der Waals surface area contributed by atoms with Gasteiger partial charge in [-0.25, -0.2) is 8.78 Å². The first-order valence-electron chi connectivity index (χ1n) is 11.6. The van der Waals surface area contributed by atoms with Crippen LogP contribution >= 0.6 is 0 Å². The van der Waals surface area contributed by atoms with Gasteiger partial charge in [0.15, 0.2) is 5.78 Å². The van der Waals surface area contributed by atoms with Crippen LogP contribution in [0.3, 0.4) is 0 Å². The molecule has 1 saturated heterocycles. The minimum atomic E-state index is -0.292. The van der Waals surface area contributed by atoms with Crippen molar-refractivity contribution >= 4 is 11.7 Å². The van der Waals surface area contributed by atoms with E-state index >= 15 is 0 Å². The standard InChI is InChI=1S/C28H25F2NO3/c29-23-6-1-18(2-7-23)27(19-3-8-24(30)9-4-19)20-11-13-31(14-12-20)28(33)21-5-10-26-22(15-21)16-25(32)17-34-26/h1-10,15,20,27H,11-14,16-17H2. The summed E-state index contributed by atoms with van der Waals surface area (Å²) in [5.41, 5.74) is 3.28. The second-order valence-corrected chi connectivity index (χ2v) is 9.04. The van der Waals surface area contributed by atoms with Crippen molar-refractivity contribution in [2.24, 2.45) is 5.92 Å². The molecule has 3 aromatic carbocycles. The molecule has 1 amide bonds. The van der Waals surface area contributed by atoms with E-state index in [0.29, 0.717) is 24.4 Å². The summed E-state index contributed by atoms with van der Waals surface area (Å²) in [5, 5.41) is 0. The molecule has 1 fully saturated rings. The topological polar surface area (TPSA) is 46.6 Å². The van der Waals surface area contributed by atoms with Crippen LogP contribution in [0.4, 0.5) is 8.78 Å². The molecule has 2 aliphatic heterocycles. The lowest BCUT2D eigenvalue weighted by Crippen LogP contribution is -2.40. The summed E-state index contributed by atoms with van der Waals surface area (Å²) < 4.78 is 32.5. The molecule has 174 valence electrons. The number of likely N-dealkylation sites (tertiary alicyclic amines) is 1. The van der Waals surface area contributed by atoms with Gasteiger partial charge in [0, 0.05) is 36.6 Å². The lowest BCUT2D eigenvalue weighted by molar-refractivity contribution is -0.121. The van der Waals surface area contributed by atoms with Crippen LogP contribution in [0.2, 0.25) is 0 Å². The molecule has 3 aromatic rings. The van der Waals surface area contributed by atoms with Gasteiger partial charge in [-0.2, -0.15) is 0 Å². The highest BCUT2D eigenvalue weighted by Gasteiger charge is 2.31. The minimum Gasteiger partial charge on any atom is -0.486 e. The third kappa shape index (κ3) is 4.58. The Bertz CT molecular complexity index is 1150. The van der Waals surface area contributed by atoms with Crippen molar-refractivity contribution in [2.75, 3.05) is 19.7 Å². The number of halogens is 2. The number of hydrogen-bond acceptors (Lipinski definition) is 3. The molecule has 0 spiro atoms. The minimum absolute atomic E-state index is 0.00513. The summed E-state index contributed by atoms with van der Waals surface area (Å²) in [7, 11) is 0. The van der Waals surface area contributed by atoms with Gasteiger partial charge in [-0.3, -0.25) is 9.59 Å². The molecule has 0 aromatic heterocycles. The van der Waals surface area contributed by atoms with Gasteiger partial charge in [0.1, 0.15) is 24.0 Å². The number of ether oxygens (including phenoxy) is 1. The molecular formula is C28H25F2NO3. The molecule has 2 heterocycles. The lowest BCUT2D eigenvalue weighted by Gasteiger charge is -2.37. The fraction of sp³-hybridized carbons (Fsp3) is 0.286. The Morgan fingerprint density at radius 1 is 0.882 bits per heavy atom. The fourth-order valence-electron chi connectivity index (χ4n) is 5.11. The number of fused-ring (bicyclic) bond motifs is 1. The van der Waals surface area contributed by atoms with Crippen molar-refractivity contribution in [3.05, 3.63) is 101 Å². The van der Waals surface area contributed by atoms with Crippen molar-refractivity contribution in [1.29, 1.82) is 0 Å². The Labute approximate surface area is 197 Å². The predicted molar refractivity (Wildman–Crippen MR) is 124 cm³/mol. The molecular weight excluding hydrogens is 436 g/mol. The normalized spacial score (nSPS) is 16.3. The van der Waals surface area contributed by atoms with Gasteiger partial charge in [-0.15, -0.1) is 0 Å². The van der Waals surface area contributed by atoms with E-state index in [9.17, 15) is 18.4 Å². The van der Waals surface area contributed by atoms with Crippen molar-refractivity contribution in [3.8, 4) is 5.75 Å². The van der Waals surface area contributed by atoms with Crippen molar-refractivity contribution in [3.63, 3.8) is 0 Å². The number of Topliss-reactive ketones (excluding diaryl/α,β-unsaturated/α-hetero) is 1. The van der Waals surface area contributed by atoms with Crippen LogP contribution in [0.5, 0.6) is 5.75 Å². The highest BCUT2D eigenvalue weighted by molar-refractivity contribution is 5.95. The Kier molecular flexibility index (Phi) is 6.14. The van der Waals surface area contributed by atoms with E-state index in [2.05, 4.69) is 0 Å². The van der Waals surface area contributed by atoms with Crippen LogP contribution in [0.1, 0.15) is 45.8 Å². The van der Waals surface area contributed by atoms with Crippen molar-refractivity contribution in [2.45, 2.75) is 25.2 Å². The number of rotatable bonds is 4.